The van der Waals surface area contributed by atoms with E-state index in [0.717, 1.165) is 26.9 Å². The topological polar surface area (TPSA) is 26.3 Å². The lowest BCUT2D eigenvalue weighted by Gasteiger charge is -2.08. The normalized spacial score (nSPS) is 10.3. The van der Waals surface area contributed by atoms with E-state index in [1.54, 1.807) is 31.4 Å². The Balaban J connectivity index is 2.40. The molecule has 0 heterocycles. The van der Waals surface area contributed by atoms with Crippen molar-refractivity contribution < 1.29 is 9.53 Å². The van der Waals surface area contributed by atoms with Crippen LogP contribution in [0.15, 0.2) is 40.9 Å². The SMILES string of the molecule is COc1ccc(C(=O)c2cc(Br)c(C)cc2C)cc1. The standard InChI is InChI=1S/C16H15BrO2/c1-10-8-11(2)15(17)9-14(10)16(18)12-4-6-13(19-3)7-5-12/h4-9H,1-3H3. The number of benzene rings is 2. The van der Waals surface area contributed by atoms with Crippen molar-refractivity contribution in [2.24, 2.45) is 0 Å². The Bertz CT molecular complexity index is 615. The number of carbonyl (C=O) groups excluding carboxylic acids is 1. The number of halogens is 1. The monoisotopic (exact) mass is 318 g/mol. The van der Waals surface area contributed by atoms with E-state index < -0.39 is 0 Å². The molecule has 0 unspecified atom stereocenters. The molecule has 0 fully saturated rings. The van der Waals surface area contributed by atoms with Crippen molar-refractivity contribution in [2.45, 2.75) is 13.8 Å². The van der Waals surface area contributed by atoms with E-state index in [9.17, 15) is 4.79 Å². The molecule has 0 atom stereocenters. The lowest BCUT2D eigenvalue weighted by molar-refractivity contribution is 0.103. The van der Waals surface area contributed by atoms with Gasteiger partial charge in [-0.3, -0.25) is 4.79 Å². The van der Waals surface area contributed by atoms with Gasteiger partial charge >= 0.3 is 0 Å². The zero-order valence-electron chi connectivity index (χ0n) is 11.2. The van der Waals surface area contributed by atoms with Gasteiger partial charge in [0.15, 0.2) is 5.78 Å². The van der Waals surface area contributed by atoms with Crippen LogP contribution < -0.4 is 4.74 Å². The molecule has 0 radical (unpaired) electrons. The van der Waals surface area contributed by atoms with E-state index in [0.29, 0.717) is 5.56 Å². The first-order valence-electron chi connectivity index (χ1n) is 5.98. The first-order chi connectivity index (χ1) is 9.02. The van der Waals surface area contributed by atoms with Crippen LogP contribution >= 0.6 is 15.9 Å². The third-order valence-electron chi connectivity index (χ3n) is 3.10. The Morgan fingerprint density at radius 3 is 2.26 bits per heavy atom. The third-order valence-corrected chi connectivity index (χ3v) is 3.96. The van der Waals surface area contributed by atoms with Gasteiger partial charge in [0.05, 0.1) is 7.11 Å². The van der Waals surface area contributed by atoms with Crippen LogP contribution in [0.5, 0.6) is 5.75 Å². The smallest absolute Gasteiger partial charge is 0.193 e. The average molecular weight is 319 g/mol. The summed E-state index contributed by atoms with van der Waals surface area (Å²) in [6.07, 6.45) is 0. The lowest BCUT2D eigenvalue weighted by atomic mass is 9.97. The maximum absolute atomic E-state index is 12.5. The summed E-state index contributed by atoms with van der Waals surface area (Å²) >= 11 is 3.47. The van der Waals surface area contributed by atoms with Crippen LogP contribution in [0.4, 0.5) is 0 Å². The highest BCUT2D eigenvalue weighted by molar-refractivity contribution is 9.10. The van der Waals surface area contributed by atoms with Gasteiger partial charge in [0, 0.05) is 15.6 Å². The quantitative estimate of drug-likeness (QED) is 0.788. The molecule has 2 rings (SSSR count). The van der Waals surface area contributed by atoms with Crippen LogP contribution in [-0.4, -0.2) is 12.9 Å². The molecular formula is C16H15BrO2. The predicted octanol–water partition coefficient (Wildman–Crippen LogP) is 4.31. The van der Waals surface area contributed by atoms with Gasteiger partial charge in [0.2, 0.25) is 0 Å². The van der Waals surface area contributed by atoms with Crippen LogP contribution in [0.25, 0.3) is 0 Å². The molecule has 0 saturated carbocycles. The van der Waals surface area contributed by atoms with Gasteiger partial charge in [-0.25, -0.2) is 0 Å². The number of hydrogen-bond donors (Lipinski definition) is 0. The summed E-state index contributed by atoms with van der Waals surface area (Å²) in [6, 6.07) is 11.1. The minimum atomic E-state index is 0.0286. The fraction of sp³-hybridized carbons (Fsp3) is 0.188. The third kappa shape index (κ3) is 2.87. The van der Waals surface area contributed by atoms with Crippen molar-refractivity contribution in [1.29, 1.82) is 0 Å². The molecule has 3 heteroatoms. The van der Waals surface area contributed by atoms with Crippen LogP contribution in [0.2, 0.25) is 0 Å². The highest BCUT2D eigenvalue weighted by atomic mass is 79.9. The number of hydrogen-bond acceptors (Lipinski definition) is 2. The molecule has 2 aromatic rings. The van der Waals surface area contributed by atoms with E-state index in [1.165, 1.54) is 0 Å². The maximum Gasteiger partial charge on any atom is 0.193 e. The van der Waals surface area contributed by atoms with Gasteiger partial charge in [-0.1, -0.05) is 22.0 Å². The van der Waals surface area contributed by atoms with Crippen LogP contribution in [0, 0.1) is 13.8 Å². The van der Waals surface area contributed by atoms with Crippen LogP contribution in [0.3, 0.4) is 0 Å². The second kappa shape index (κ2) is 5.57. The predicted molar refractivity (Wildman–Crippen MR) is 80.0 cm³/mol. The number of methoxy groups -OCH3 is 1. The Labute approximate surface area is 121 Å². The molecule has 0 amide bonds. The van der Waals surface area contributed by atoms with Gasteiger partial charge < -0.3 is 4.74 Å². The van der Waals surface area contributed by atoms with Crippen molar-refractivity contribution in [2.75, 3.05) is 7.11 Å². The van der Waals surface area contributed by atoms with Crippen molar-refractivity contribution in [3.63, 3.8) is 0 Å². The van der Waals surface area contributed by atoms with Gasteiger partial charge in [0.1, 0.15) is 5.75 Å². The Morgan fingerprint density at radius 1 is 1.05 bits per heavy atom. The second-order valence-corrected chi connectivity index (χ2v) is 5.33. The first kappa shape index (κ1) is 13.8. The number of rotatable bonds is 3. The molecule has 2 aromatic carbocycles. The fourth-order valence-electron chi connectivity index (χ4n) is 1.97. The lowest BCUT2D eigenvalue weighted by Crippen LogP contribution is -2.04. The number of ether oxygens (including phenoxy) is 1. The summed E-state index contributed by atoms with van der Waals surface area (Å²) in [5.74, 6) is 0.777. The average Bonchev–Trinajstić information content (AvgIpc) is 2.42. The molecule has 0 aliphatic carbocycles. The van der Waals surface area contributed by atoms with Gasteiger partial charge in [0.25, 0.3) is 0 Å². The van der Waals surface area contributed by atoms with Gasteiger partial charge in [-0.2, -0.15) is 0 Å². The maximum atomic E-state index is 12.5. The van der Waals surface area contributed by atoms with Gasteiger partial charge in [-0.15, -0.1) is 0 Å². The van der Waals surface area contributed by atoms with Crippen molar-refractivity contribution in [3.05, 3.63) is 63.1 Å². The van der Waals surface area contributed by atoms with E-state index in [1.807, 2.05) is 26.0 Å². The molecule has 0 aliphatic heterocycles. The zero-order chi connectivity index (χ0) is 14.0. The summed E-state index contributed by atoms with van der Waals surface area (Å²) in [5.41, 5.74) is 3.51. The minimum absolute atomic E-state index is 0.0286. The van der Waals surface area contributed by atoms with Crippen molar-refractivity contribution in [3.8, 4) is 5.75 Å². The van der Waals surface area contributed by atoms with E-state index in [4.69, 9.17) is 4.74 Å². The molecule has 0 aliphatic rings. The summed E-state index contributed by atoms with van der Waals surface area (Å²) in [5, 5.41) is 0. The molecule has 0 spiro atoms. The minimum Gasteiger partial charge on any atom is -0.497 e. The zero-order valence-corrected chi connectivity index (χ0v) is 12.7. The van der Waals surface area contributed by atoms with Crippen molar-refractivity contribution >= 4 is 21.7 Å². The van der Waals surface area contributed by atoms with E-state index in [2.05, 4.69) is 15.9 Å². The van der Waals surface area contributed by atoms with Crippen molar-refractivity contribution in [1.82, 2.24) is 0 Å². The molecule has 0 N–H and O–H groups in total. The first-order valence-corrected chi connectivity index (χ1v) is 6.77. The summed E-state index contributed by atoms with van der Waals surface area (Å²) in [7, 11) is 1.61. The Kier molecular flexibility index (Phi) is 4.05. The number of ketones is 1. The molecule has 0 saturated heterocycles. The van der Waals surface area contributed by atoms with E-state index in [-0.39, 0.29) is 5.78 Å². The molecule has 0 aromatic heterocycles. The second-order valence-electron chi connectivity index (χ2n) is 4.47. The Hall–Kier alpha value is -1.61. The molecule has 19 heavy (non-hydrogen) atoms. The van der Waals surface area contributed by atoms with Crippen LogP contribution in [0.1, 0.15) is 27.0 Å². The number of carbonyl (C=O) groups is 1. The highest BCUT2D eigenvalue weighted by Crippen LogP contribution is 2.24. The molecule has 0 bridgehead atoms. The van der Waals surface area contributed by atoms with Gasteiger partial charge in [-0.05, 0) is 55.3 Å². The number of aryl methyl sites for hydroxylation is 2. The largest absolute Gasteiger partial charge is 0.497 e. The highest BCUT2D eigenvalue weighted by Gasteiger charge is 2.13. The summed E-state index contributed by atoms with van der Waals surface area (Å²) in [6.45, 7) is 3.97. The summed E-state index contributed by atoms with van der Waals surface area (Å²) < 4.78 is 6.05. The fourth-order valence-corrected chi connectivity index (χ4v) is 2.31. The molecule has 2 nitrogen and oxygen atoms in total. The summed E-state index contributed by atoms with van der Waals surface area (Å²) in [4.78, 5) is 12.5. The van der Waals surface area contributed by atoms with E-state index >= 15 is 0 Å². The molecular weight excluding hydrogens is 304 g/mol. The molecule has 98 valence electrons. The Morgan fingerprint density at radius 2 is 1.68 bits per heavy atom. The van der Waals surface area contributed by atoms with Crippen LogP contribution in [-0.2, 0) is 0 Å².